The zero-order valence-electron chi connectivity index (χ0n) is 12.1. The van der Waals surface area contributed by atoms with E-state index in [1.165, 1.54) is 37.0 Å². The van der Waals surface area contributed by atoms with Crippen molar-refractivity contribution in [1.29, 1.82) is 0 Å². The molecule has 1 fully saturated rings. The van der Waals surface area contributed by atoms with Crippen LogP contribution in [0.3, 0.4) is 0 Å². The minimum atomic E-state index is -4.10. The van der Waals surface area contributed by atoms with Crippen molar-refractivity contribution in [2.75, 3.05) is 26.2 Å². The van der Waals surface area contributed by atoms with Crippen LogP contribution in [0.4, 0.5) is 13.2 Å². The average Bonchev–Trinajstić information content (AvgIpc) is 2.32. The summed E-state index contributed by atoms with van der Waals surface area (Å²) in [6.07, 6.45) is 2.38. The van der Waals surface area contributed by atoms with Crippen LogP contribution >= 0.6 is 0 Å². The lowest BCUT2D eigenvalue weighted by Gasteiger charge is -2.28. The summed E-state index contributed by atoms with van der Waals surface area (Å²) < 4.78 is 37.2. The third kappa shape index (κ3) is 7.78. The predicted molar refractivity (Wildman–Crippen MR) is 72.2 cm³/mol. The lowest BCUT2D eigenvalue weighted by molar-refractivity contribution is -0.149. The molecule has 19 heavy (non-hydrogen) atoms. The van der Waals surface area contributed by atoms with E-state index in [-0.39, 0.29) is 6.04 Å². The average molecular weight is 280 g/mol. The van der Waals surface area contributed by atoms with Gasteiger partial charge < -0.3 is 5.32 Å². The number of rotatable bonds is 7. The molecule has 0 bridgehead atoms. The molecule has 0 aromatic carbocycles. The first-order valence-corrected chi connectivity index (χ1v) is 7.40. The summed E-state index contributed by atoms with van der Waals surface area (Å²) in [4.78, 5) is 1.48. The number of hydrogen-bond donors (Lipinski definition) is 1. The fourth-order valence-corrected chi connectivity index (χ4v) is 2.67. The largest absolute Gasteiger partial charge is 0.401 e. The first kappa shape index (κ1) is 16.8. The van der Waals surface area contributed by atoms with Crippen LogP contribution in [-0.4, -0.2) is 43.3 Å². The van der Waals surface area contributed by atoms with Gasteiger partial charge in [0.1, 0.15) is 0 Å². The van der Waals surface area contributed by atoms with E-state index in [1.807, 2.05) is 13.8 Å². The highest BCUT2D eigenvalue weighted by molar-refractivity contribution is 4.71. The maximum atomic E-state index is 12.4. The van der Waals surface area contributed by atoms with E-state index >= 15 is 0 Å². The third-order valence-electron chi connectivity index (χ3n) is 3.85. The van der Waals surface area contributed by atoms with E-state index in [9.17, 15) is 13.2 Å². The molecule has 1 aliphatic carbocycles. The maximum absolute atomic E-state index is 12.4. The second kappa shape index (κ2) is 8.10. The van der Waals surface area contributed by atoms with E-state index in [0.29, 0.717) is 13.1 Å². The van der Waals surface area contributed by atoms with Crippen molar-refractivity contribution in [1.82, 2.24) is 10.2 Å². The van der Waals surface area contributed by atoms with E-state index in [0.717, 1.165) is 12.5 Å². The van der Waals surface area contributed by atoms with Crippen molar-refractivity contribution in [2.45, 2.75) is 58.2 Å². The Labute approximate surface area is 114 Å². The minimum Gasteiger partial charge on any atom is -0.315 e. The monoisotopic (exact) mass is 280 g/mol. The molecule has 0 aromatic rings. The summed E-state index contributed by atoms with van der Waals surface area (Å²) >= 11 is 0. The normalized spacial score (nSPS) is 18.5. The zero-order valence-corrected chi connectivity index (χ0v) is 12.1. The van der Waals surface area contributed by atoms with Gasteiger partial charge in [0.15, 0.2) is 0 Å². The molecule has 1 aliphatic rings. The first-order valence-electron chi connectivity index (χ1n) is 7.40. The number of halogens is 3. The molecule has 1 saturated carbocycles. The second-order valence-electron chi connectivity index (χ2n) is 5.89. The van der Waals surface area contributed by atoms with Crippen LogP contribution in [0.2, 0.25) is 0 Å². The summed E-state index contributed by atoms with van der Waals surface area (Å²) in [7, 11) is 0. The Bertz CT molecular complexity index is 235. The topological polar surface area (TPSA) is 15.3 Å². The first-order chi connectivity index (χ1) is 8.88. The van der Waals surface area contributed by atoms with Gasteiger partial charge in [-0.1, -0.05) is 19.3 Å². The molecule has 114 valence electrons. The van der Waals surface area contributed by atoms with Crippen molar-refractivity contribution in [3.05, 3.63) is 0 Å². The number of nitrogens with zero attached hydrogens (tertiary/aromatic N) is 1. The van der Waals surface area contributed by atoms with Gasteiger partial charge in [-0.3, -0.25) is 4.90 Å². The Hall–Kier alpha value is -0.290. The molecule has 0 spiro atoms. The van der Waals surface area contributed by atoms with Crippen LogP contribution in [0.25, 0.3) is 0 Å². The standard InChI is InChI=1S/C14H27F3N2/c1-12(2)19(11-14(15,16)17)9-8-18-10-13-6-4-3-5-7-13/h12-13,18H,3-11H2,1-2H3. The molecule has 1 rings (SSSR count). The summed E-state index contributed by atoms with van der Waals surface area (Å²) in [6.45, 7) is 4.88. The van der Waals surface area contributed by atoms with Crippen LogP contribution in [0.1, 0.15) is 46.0 Å². The van der Waals surface area contributed by atoms with E-state index in [2.05, 4.69) is 5.32 Å². The molecule has 1 N–H and O–H groups in total. The van der Waals surface area contributed by atoms with Crippen LogP contribution in [0, 0.1) is 5.92 Å². The molecule has 0 aromatic heterocycles. The Morgan fingerprint density at radius 3 is 2.32 bits per heavy atom. The Balaban J connectivity index is 2.17. The van der Waals surface area contributed by atoms with E-state index in [1.54, 1.807) is 0 Å². The second-order valence-corrected chi connectivity index (χ2v) is 5.89. The van der Waals surface area contributed by atoms with Crippen molar-refractivity contribution in [3.8, 4) is 0 Å². The van der Waals surface area contributed by atoms with Crippen LogP contribution in [-0.2, 0) is 0 Å². The summed E-state index contributed by atoms with van der Waals surface area (Å²) in [5, 5.41) is 3.32. The smallest absolute Gasteiger partial charge is 0.315 e. The quantitative estimate of drug-likeness (QED) is 0.719. The molecule has 0 unspecified atom stereocenters. The molecule has 5 heteroatoms. The molecule has 0 radical (unpaired) electrons. The lowest BCUT2D eigenvalue weighted by atomic mass is 9.89. The molecule has 0 saturated heterocycles. The fourth-order valence-electron chi connectivity index (χ4n) is 2.67. The summed E-state index contributed by atoms with van der Waals surface area (Å²) in [5.41, 5.74) is 0. The molecule has 0 amide bonds. The van der Waals surface area contributed by atoms with Crippen molar-refractivity contribution in [2.24, 2.45) is 5.92 Å². The van der Waals surface area contributed by atoms with Gasteiger partial charge >= 0.3 is 6.18 Å². The molecular weight excluding hydrogens is 253 g/mol. The summed E-state index contributed by atoms with van der Waals surface area (Å²) in [5.74, 6) is 0.726. The van der Waals surface area contributed by atoms with Crippen molar-refractivity contribution >= 4 is 0 Å². The van der Waals surface area contributed by atoms with Gasteiger partial charge in [-0.25, -0.2) is 0 Å². The zero-order chi connectivity index (χ0) is 14.3. The minimum absolute atomic E-state index is 0.0712. The highest BCUT2D eigenvalue weighted by atomic mass is 19.4. The highest BCUT2D eigenvalue weighted by Crippen LogP contribution is 2.22. The SMILES string of the molecule is CC(C)N(CCNCC1CCCCC1)CC(F)(F)F. The fraction of sp³-hybridized carbons (Fsp3) is 1.00. The van der Waals surface area contributed by atoms with Crippen molar-refractivity contribution in [3.63, 3.8) is 0 Å². The van der Waals surface area contributed by atoms with Gasteiger partial charge in [-0.15, -0.1) is 0 Å². The predicted octanol–water partition coefficient (Wildman–Crippen LogP) is 3.43. The molecule has 2 nitrogen and oxygen atoms in total. The Morgan fingerprint density at radius 1 is 1.16 bits per heavy atom. The lowest BCUT2D eigenvalue weighted by Crippen LogP contribution is -2.43. The molecule has 0 atom stereocenters. The third-order valence-corrected chi connectivity index (χ3v) is 3.85. The number of alkyl halides is 3. The molecular formula is C14H27F3N2. The van der Waals surface area contributed by atoms with Crippen LogP contribution in [0.5, 0.6) is 0 Å². The van der Waals surface area contributed by atoms with Crippen LogP contribution in [0.15, 0.2) is 0 Å². The van der Waals surface area contributed by atoms with Crippen LogP contribution < -0.4 is 5.32 Å². The van der Waals surface area contributed by atoms with E-state index in [4.69, 9.17) is 0 Å². The van der Waals surface area contributed by atoms with Gasteiger partial charge in [-0.2, -0.15) is 13.2 Å². The molecule has 0 heterocycles. The maximum Gasteiger partial charge on any atom is 0.401 e. The van der Waals surface area contributed by atoms with Gasteiger partial charge in [-0.05, 0) is 39.2 Å². The van der Waals surface area contributed by atoms with E-state index < -0.39 is 12.7 Å². The number of nitrogens with one attached hydrogen (secondary N) is 1. The number of hydrogen-bond acceptors (Lipinski definition) is 2. The van der Waals surface area contributed by atoms with Gasteiger partial charge in [0.05, 0.1) is 6.54 Å². The molecule has 0 aliphatic heterocycles. The van der Waals surface area contributed by atoms with Gasteiger partial charge in [0.25, 0.3) is 0 Å². The highest BCUT2D eigenvalue weighted by Gasteiger charge is 2.31. The summed E-state index contributed by atoms with van der Waals surface area (Å²) in [6, 6.07) is -0.0712. The van der Waals surface area contributed by atoms with Gasteiger partial charge in [0, 0.05) is 19.1 Å². The van der Waals surface area contributed by atoms with Gasteiger partial charge in [0.2, 0.25) is 0 Å². The Morgan fingerprint density at radius 2 is 1.79 bits per heavy atom. The van der Waals surface area contributed by atoms with Crippen molar-refractivity contribution < 1.29 is 13.2 Å². The Kier molecular flexibility index (Phi) is 7.15.